The second kappa shape index (κ2) is 4.74. The van der Waals surface area contributed by atoms with Gasteiger partial charge in [-0.1, -0.05) is 12.1 Å². The van der Waals surface area contributed by atoms with Crippen LogP contribution in [0.1, 0.15) is 36.7 Å². The topological polar surface area (TPSA) is 52.3 Å². The average molecular weight is 242 g/mol. The Morgan fingerprint density at radius 3 is 2.56 bits per heavy atom. The van der Waals surface area contributed by atoms with Crippen LogP contribution in [0.5, 0.6) is 0 Å². The molecule has 1 aromatic carbocycles. The third kappa shape index (κ3) is 3.14. The maximum atomic E-state index is 11.9. The van der Waals surface area contributed by atoms with Gasteiger partial charge in [-0.2, -0.15) is 0 Å². The molecular formula is C12H16ClNO2. The number of carbonyl (C=O) groups is 1. The van der Waals surface area contributed by atoms with Crippen LogP contribution in [0.3, 0.4) is 0 Å². The Kier molecular flexibility index (Phi) is 3.81. The van der Waals surface area contributed by atoms with Gasteiger partial charge in [0.25, 0.3) is 0 Å². The summed E-state index contributed by atoms with van der Waals surface area (Å²) < 4.78 is 5.27. The molecule has 0 saturated carbocycles. The molecule has 16 heavy (non-hydrogen) atoms. The average Bonchev–Trinajstić information content (AvgIpc) is 2.14. The Hall–Kier alpha value is -1.22. The van der Waals surface area contributed by atoms with Gasteiger partial charge < -0.3 is 10.5 Å². The molecule has 0 aromatic heterocycles. The van der Waals surface area contributed by atoms with Gasteiger partial charge in [0, 0.05) is 11.6 Å². The maximum Gasteiger partial charge on any atom is 0.341 e. The number of rotatable bonds is 2. The number of nitrogens with two attached hydrogens (primary N) is 1. The van der Waals surface area contributed by atoms with Gasteiger partial charge >= 0.3 is 5.97 Å². The fraction of sp³-hybridized carbons (Fsp3) is 0.417. The Labute approximate surface area is 101 Å². The van der Waals surface area contributed by atoms with E-state index in [-0.39, 0.29) is 5.88 Å². The van der Waals surface area contributed by atoms with Crippen molar-refractivity contribution in [2.45, 2.75) is 32.3 Å². The highest BCUT2D eigenvalue weighted by Crippen LogP contribution is 2.22. The molecule has 0 saturated heterocycles. The number of halogens is 1. The molecule has 2 N–H and O–H groups in total. The number of esters is 1. The number of carbonyl (C=O) groups excluding carboxylic acids is 1. The quantitative estimate of drug-likeness (QED) is 0.492. The molecule has 3 nitrogen and oxygen atoms in total. The van der Waals surface area contributed by atoms with Gasteiger partial charge in [-0.15, -0.1) is 11.6 Å². The van der Waals surface area contributed by atoms with Crippen molar-refractivity contribution >= 4 is 23.3 Å². The lowest BCUT2D eigenvalue weighted by molar-refractivity contribution is 0.00699. The van der Waals surface area contributed by atoms with Gasteiger partial charge in [0.15, 0.2) is 0 Å². The summed E-state index contributed by atoms with van der Waals surface area (Å²) in [5.74, 6) is -0.194. The van der Waals surface area contributed by atoms with Crippen LogP contribution in [-0.2, 0) is 10.6 Å². The molecule has 0 spiro atoms. The molecule has 0 aliphatic heterocycles. The molecule has 0 fully saturated rings. The zero-order valence-electron chi connectivity index (χ0n) is 9.71. The summed E-state index contributed by atoms with van der Waals surface area (Å²) in [6, 6.07) is 5.19. The van der Waals surface area contributed by atoms with Crippen LogP contribution in [0.2, 0.25) is 0 Å². The molecule has 0 radical (unpaired) electrons. The van der Waals surface area contributed by atoms with Crippen molar-refractivity contribution in [3.8, 4) is 0 Å². The maximum absolute atomic E-state index is 11.9. The van der Waals surface area contributed by atoms with E-state index < -0.39 is 11.6 Å². The third-order valence-corrected chi connectivity index (χ3v) is 2.22. The molecular weight excluding hydrogens is 226 g/mol. The predicted octanol–water partition coefficient (Wildman–Crippen LogP) is 2.96. The van der Waals surface area contributed by atoms with Crippen molar-refractivity contribution < 1.29 is 9.53 Å². The number of alkyl halides is 1. The van der Waals surface area contributed by atoms with E-state index in [2.05, 4.69) is 0 Å². The van der Waals surface area contributed by atoms with Gasteiger partial charge in [-0.25, -0.2) is 4.79 Å². The van der Waals surface area contributed by atoms with E-state index in [0.29, 0.717) is 16.8 Å². The van der Waals surface area contributed by atoms with E-state index in [9.17, 15) is 4.79 Å². The Morgan fingerprint density at radius 2 is 2.06 bits per heavy atom. The second-order valence-electron chi connectivity index (χ2n) is 4.52. The fourth-order valence-corrected chi connectivity index (χ4v) is 1.53. The van der Waals surface area contributed by atoms with Gasteiger partial charge in [-0.3, -0.25) is 0 Å². The summed E-state index contributed by atoms with van der Waals surface area (Å²) >= 11 is 5.76. The smallest absolute Gasteiger partial charge is 0.341 e. The standard InChI is InChI=1S/C12H16ClNO2/c1-12(2,3)16-11(15)10-8(7-13)5-4-6-9(10)14/h4-6H,7,14H2,1-3H3. The minimum absolute atomic E-state index is 0.236. The number of hydrogen-bond donors (Lipinski definition) is 1. The first-order valence-electron chi connectivity index (χ1n) is 5.02. The molecule has 1 rings (SSSR count). The summed E-state index contributed by atoms with van der Waals surface area (Å²) in [5, 5.41) is 0. The van der Waals surface area contributed by atoms with Gasteiger partial charge in [0.05, 0.1) is 5.56 Å². The Morgan fingerprint density at radius 1 is 1.44 bits per heavy atom. The summed E-state index contributed by atoms with van der Waals surface area (Å²) in [6.07, 6.45) is 0. The van der Waals surface area contributed by atoms with Crippen molar-refractivity contribution in [2.24, 2.45) is 0 Å². The highest BCUT2D eigenvalue weighted by atomic mass is 35.5. The van der Waals surface area contributed by atoms with Crippen LogP contribution in [0.15, 0.2) is 18.2 Å². The summed E-state index contributed by atoms with van der Waals surface area (Å²) in [4.78, 5) is 11.9. The number of anilines is 1. The molecule has 0 atom stereocenters. The summed E-state index contributed by atoms with van der Waals surface area (Å²) in [6.45, 7) is 5.43. The minimum Gasteiger partial charge on any atom is -0.456 e. The minimum atomic E-state index is -0.539. The molecule has 0 unspecified atom stereocenters. The molecule has 0 heterocycles. The van der Waals surface area contributed by atoms with Crippen LogP contribution in [0, 0.1) is 0 Å². The zero-order valence-corrected chi connectivity index (χ0v) is 10.5. The molecule has 0 bridgehead atoms. The van der Waals surface area contributed by atoms with Crippen LogP contribution >= 0.6 is 11.6 Å². The molecule has 0 amide bonds. The largest absolute Gasteiger partial charge is 0.456 e. The monoisotopic (exact) mass is 241 g/mol. The lowest BCUT2D eigenvalue weighted by Crippen LogP contribution is -2.25. The van der Waals surface area contributed by atoms with Crippen LogP contribution in [0.25, 0.3) is 0 Å². The summed E-state index contributed by atoms with van der Waals surface area (Å²) in [7, 11) is 0. The number of benzene rings is 1. The lowest BCUT2D eigenvalue weighted by Gasteiger charge is -2.21. The molecule has 88 valence electrons. The molecule has 4 heteroatoms. The Bertz CT molecular complexity index is 396. The highest BCUT2D eigenvalue weighted by Gasteiger charge is 2.21. The van der Waals surface area contributed by atoms with Crippen molar-refractivity contribution in [3.05, 3.63) is 29.3 Å². The van der Waals surface area contributed by atoms with E-state index in [1.54, 1.807) is 18.2 Å². The lowest BCUT2D eigenvalue weighted by atomic mass is 10.1. The molecule has 0 aliphatic carbocycles. The highest BCUT2D eigenvalue weighted by molar-refractivity contribution is 6.18. The fourth-order valence-electron chi connectivity index (χ4n) is 1.31. The van der Waals surface area contributed by atoms with E-state index in [1.165, 1.54) is 0 Å². The first kappa shape index (κ1) is 12.8. The predicted molar refractivity (Wildman–Crippen MR) is 65.6 cm³/mol. The SMILES string of the molecule is CC(C)(C)OC(=O)c1c(N)cccc1CCl. The van der Waals surface area contributed by atoms with Crippen molar-refractivity contribution in [3.63, 3.8) is 0 Å². The van der Waals surface area contributed by atoms with E-state index >= 15 is 0 Å². The molecule has 0 aliphatic rings. The third-order valence-electron chi connectivity index (χ3n) is 1.93. The normalized spacial score (nSPS) is 11.2. The van der Waals surface area contributed by atoms with Crippen molar-refractivity contribution in [1.82, 2.24) is 0 Å². The zero-order chi connectivity index (χ0) is 12.3. The second-order valence-corrected chi connectivity index (χ2v) is 4.78. The van der Waals surface area contributed by atoms with Gasteiger partial charge in [0.1, 0.15) is 5.60 Å². The van der Waals surface area contributed by atoms with E-state index in [1.807, 2.05) is 20.8 Å². The van der Waals surface area contributed by atoms with Crippen LogP contribution in [-0.4, -0.2) is 11.6 Å². The van der Waals surface area contributed by atoms with E-state index in [0.717, 1.165) is 0 Å². The summed E-state index contributed by atoms with van der Waals surface area (Å²) in [5.41, 5.74) is 6.67. The van der Waals surface area contributed by atoms with E-state index in [4.69, 9.17) is 22.1 Å². The number of nitrogen functional groups attached to an aromatic ring is 1. The van der Waals surface area contributed by atoms with Gasteiger partial charge in [0.2, 0.25) is 0 Å². The number of ether oxygens (including phenoxy) is 1. The van der Waals surface area contributed by atoms with Crippen LogP contribution < -0.4 is 5.73 Å². The molecule has 1 aromatic rings. The first-order valence-corrected chi connectivity index (χ1v) is 5.55. The van der Waals surface area contributed by atoms with Crippen molar-refractivity contribution in [1.29, 1.82) is 0 Å². The number of hydrogen-bond acceptors (Lipinski definition) is 3. The van der Waals surface area contributed by atoms with Crippen molar-refractivity contribution in [2.75, 3.05) is 5.73 Å². The Balaban J connectivity index is 3.08. The first-order chi connectivity index (χ1) is 7.35. The van der Waals surface area contributed by atoms with Crippen LogP contribution in [0.4, 0.5) is 5.69 Å². The van der Waals surface area contributed by atoms with Gasteiger partial charge in [-0.05, 0) is 32.4 Å².